The quantitative estimate of drug-likeness (QED) is 0.711. The molecule has 29 heavy (non-hydrogen) atoms. The summed E-state index contributed by atoms with van der Waals surface area (Å²) in [4.78, 5) is 50.4. The molecule has 0 radical (unpaired) electrons. The molecule has 4 aliphatic carbocycles. The Morgan fingerprint density at radius 3 is 2.59 bits per heavy atom. The highest BCUT2D eigenvalue weighted by Gasteiger charge is 2.66. The van der Waals surface area contributed by atoms with Crippen LogP contribution in [-0.4, -0.2) is 28.4 Å². The number of hydrogen-bond acceptors (Lipinski definition) is 4. The third kappa shape index (κ3) is 3.02. The Morgan fingerprint density at radius 2 is 1.90 bits per heavy atom. The van der Waals surface area contributed by atoms with Gasteiger partial charge in [0.2, 0.25) is 0 Å². The average molecular weight is 407 g/mol. The number of hydrogen-bond donors (Lipinski definition) is 1. The van der Waals surface area contributed by atoms with Gasteiger partial charge in [0.25, 0.3) is 0 Å². The van der Waals surface area contributed by atoms with Crippen molar-refractivity contribution in [2.24, 2.45) is 46.3 Å². The fourth-order valence-electron chi connectivity index (χ4n) is 7.69. The standard InChI is InChI=1S/C24H34O5/c1-13(4-7-21(28)29)16-5-6-17-22-18(12-20(27)24(16,17)3)23(2)9-8-15(25)10-14(23)11-19(22)26/h13-14,16-18,22H,4-12H2,1-3H3,(H,28,29)/t13-,14+,16-,17+,18?,22?,23+,24-/m1/s1/i4D,7+1D,21+1/t4?,7?,13-,14+,16-,17+,18?,22?,23+,24-. The molecule has 0 amide bonds. The fraction of sp³-hybridized carbons (Fsp3) is 0.833. The highest BCUT2D eigenvalue weighted by atomic mass is 16.5. The zero-order valence-electron chi connectivity index (χ0n) is 19.6. The van der Waals surface area contributed by atoms with E-state index in [4.69, 9.17) is 2.74 Å². The number of carboxylic acid groups (broad SMARTS) is 1. The highest BCUT2D eigenvalue weighted by Crippen LogP contribution is 2.66. The van der Waals surface area contributed by atoms with Gasteiger partial charge in [-0.05, 0) is 60.7 Å². The van der Waals surface area contributed by atoms with Crippen molar-refractivity contribution in [2.45, 2.75) is 78.5 Å². The van der Waals surface area contributed by atoms with E-state index in [1.807, 2.05) is 6.92 Å². The Morgan fingerprint density at radius 1 is 1.17 bits per heavy atom. The molecule has 1 N–H and O–H groups in total. The molecule has 160 valence electrons. The Labute approximate surface area is 175 Å². The minimum absolute atomic E-state index is 0.0266. The molecule has 0 aromatic rings. The summed E-state index contributed by atoms with van der Waals surface area (Å²) in [6, 6.07) is 0. The molecule has 4 rings (SSSR count). The zero-order valence-corrected chi connectivity index (χ0v) is 17.6. The lowest BCUT2D eigenvalue weighted by molar-refractivity contribution is -0.166. The van der Waals surface area contributed by atoms with Crippen molar-refractivity contribution < 1.29 is 27.0 Å². The van der Waals surface area contributed by atoms with Crippen molar-refractivity contribution in [3.63, 3.8) is 0 Å². The molecule has 0 bridgehead atoms. The molecule has 4 fully saturated rings. The van der Waals surface area contributed by atoms with Crippen LogP contribution in [-0.2, 0) is 19.2 Å². The molecule has 0 aliphatic heterocycles. The molecule has 0 aromatic carbocycles. The SMILES string of the molecule is [2H]C([C@@H](C)[C@H]1CC[C@H]2C3C(=O)C[C@@H]4CC(=O)CC[C@]4(C)C3CC(=O)[C@]12C)[13CH]([2H])[13C](=O)O. The normalized spacial score (nSPS) is 48.5. The van der Waals surface area contributed by atoms with Crippen molar-refractivity contribution >= 4 is 23.3 Å². The first-order chi connectivity index (χ1) is 14.4. The van der Waals surface area contributed by atoms with Gasteiger partial charge >= 0.3 is 5.97 Å². The first kappa shape index (κ1) is 18.3. The van der Waals surface area contributed by atoms with E-state index in [-0.39, 0.29) is 52.4 Å². The first-order valence-corrected chi connectivity index (χ1v) is 11.1. The Bertz CT molecular complexity index is 827. The molecule has 4 saturated carbocycles. The summed E-state index contributed by atoms with van der Waals surface area (Å²) >= 11 is 0. The molecule has 5 heteroatoms. The molecule has 4 unspecified atom stereocenters. The van der Waals surface area contributed by atoms with Gasteiger partial charge in [0.05, 0.1) is 0 Å². The Kier molecular flexibility index (Phi) is 4.42. The van der Waals surface area contributed by atoms with E-state index < -0.39 is 30.1 Å². The number of Topliss-reactive ketones (excluding diaryl/α,β-unsaturated/α-hetero) is 3. The van der Waals surface area contributed by atoms with Gasteiger partial charge in [-0.25, -0.2) is 0 Å². The van der Waals surface area contributed by atoms with Gasteiger partial charge in [0.15, 0.2) is 0 Å². The van der Waals surface area contributed by atoms with Crippen LogP contribution >= 0.6 is 0 Å². The number of ketones is 3. The van der Waals surface area contributed by atoms with Crippen molar-refractivity contribution in [2.75, 3.05) is 0 Å². The smallest absolute Gasteiger partial charge is 0.303 e. The maximum Gasteiger partial charge on any atom is 0.303 e. The van der Waals surface area contributed by atoms with Gasteiger partial charge in [-0.2, -0.15) is 0 Å². The van der Waals surface area contributed by atoms with Crippen LogP contribution in [0.3, 0.4) is 0 Å². The van der Waals surface area contributed by atoms with Crippen molar-refractivity contribution in [1.82, 2.24) is 0 Å². The monoisotopic (exact) mass is 406 g/mol. The van der Waals surface area contributed by atoms with Crippen molar-refractivity contribution in [3.8, 4) is 0 Å². The van der Waals surface area contributed by atoms with E-state index in [0.29, 0.717) is 32.1 Å². The number of carboxylic acids is 1. The minimum atomic E-state index is -1.54. The van der Waals surface area contributed by atoms with Crippen LogP contribution < -0.4 is 0 Å². The van der Waals surface area contributed by atoms with Gasteiger partial charge < -0.3 is 5.11 Å². The van der Waals surface area contributed by atoms with Crippen molar-refractivity contribution in [3.05, 3.63) is 0 Å². The lowest BCUT2D eigenvalue weighted by Gasteiger charge is -2.58. The first-order valence-electron chi connectivity index (χ1n) is 12.2. The number of carbonyl (C=O) groups is 4. The average Bonchev–Trinajstić information content (AvgIpc) is 3.06. The van der Waals surface area contributed by atoms with E-state index >= 15 is 0 Å². The summed E-state index contributed by atoms with van der Waals surface area (Å²) < 4.78 is 16.2. The van der Waals surface area contributed by atoms with Gasteiger partial charge in [-0.1, -0.05) is 20.8 Å². The minimum Gasteiger partial charge on any atom is -0.481 e. The van der Waals surface area contributed by atoms with Gasteiger partial charge in [0.1, 0.15) is 17.3 Å². The van der Waals surface area contributed by atoms with E-state index in [9.17, 15) is 24.3 Å². The fourth-order valence-corrected chi connectivity index (χ4v) is 7.69. The predicted octanol–water partition coefficient (Wildman–Crippen LogP) is 4.07. The van der Waals surface area contributed by atoms with Gasteiger partial charge in [-0.3, -0.25) is 19.2 Å². The van der Waals surface area contributed by atoms with Crippen LogP contribution in [0.5, 0.6) is 0 Å². The van der Waals surface area contributed by atoms with Crippen LogP contribution in [0.15, 0.2) is 0 Å². The second-order valence-electron chi connectivity index (χ2n) is 10.5. The molecular formula is C24H34O5. The topological polar surface area (TPSA) is 88.5 Å². The lowest BCUT2D eigenvalue weighted by Crippen LogP contribution is -2.60. The highest BCUT2D eigenvalue weighted by molar-refractivity contribution is 5.93. The molecule has 10 atom stereocenters. The molecule has 0 heterocycles. The van der Waals surface area contributed by atoms with Crippen LogP contribution in [0.25, 0.3) is 0 Å². The number of aliphatic carboxylic acids is 1. The molecule has 4 aliphatic rings. The third-order valence-corrected chi connectivity index (χ3v) is 9.39. The summed E-state index contributed by atoms with van der Waals surface area (Å²) in [5, 5.41) is 9.20. The van der Waals surface area contributed by atoms with Crippen LogP contribution in [0, 0.1) is 46.3 Å². The van der Waals surface area contributed by atoms with E-state index in [1.165, 1.54) is 0 Å². The van der Waals surface area contributed by atoms with Gasteiger partial charge in [-0.15, -0.1) is 0 Å². The maximum atomic E-state index is 13.7. The Balaban J connectivity index is 1.65. The second-order valence-corrected chi connectivity index (χ2v) is 10.5. The lowest BCUT2D eigenvalue weighted by atomic mass is 9.44. The number of carbonyl (C=O) groups excluding carboxylic acids is 3. The van der Waals surface area contributed by atoms with E-state index in [1.54, 1.807) is 6.92 Å². The number of rotatable bonds is 4. The summed E-state index contributed by atoms with van der Waals surface area (Å²) in [6.45, 7) is 5.91. The molecular weight excluding hydrogens is 370 g/mol. The third-order valence-electron chi connectivity index (χ3n) is 9.39. The van der Waals surface area contributed by atoms with Crippen LogP contribution in [0.1, 0.15) is 81.3 Å². The molecule has 0 spiro atoms. The number of fused-ring (bicyclic) bond motifs is 5. The summed E-state index contributed by atoms with van der Waals surface area (Å²) in [7, 11) is 0. The molecule has 0 aromatic heterocycles. The zero-order chi connectivity index (χ0) is 22.9. The summed E-state index contributed by atoms with van der Waals surface area (Å²) in [5.74, 6) is -1.64. The molecule has 0 saturated heterocycles. The predicted molar refractivity (Wildman–Crippen MR) is 107 cm³/mol. The molecule has 5 nitrogen and oxygen atoms in total. The van der Waals surface area contributed by atoms with Crippen LogP contribution in [0.2, 0.25) is 0 Å². The van der Waals surface area contributed by atoms with E-state index in [2.05, 4.69) is 6.92 Å². The summed E-state index contributed by atoms with van der Waals surface area (Å²) in [5.41, 5.74) is -0.915. The maximum absolute atomic E-state index is 13.7. The largest absolute Gasteiger partial charge is 0.481 e. The van der Waals surface area contributed by atoms with Crippen LogP contribution in [0.4, 0.5) is 0 Å². The van der Waals surface area contributed by atoms with Gasteiger partial charge in [0, 0.05) is 46.2 Å². The second kappa shape index (κ2) is 7.02. The Hall–Kier alpha value is -1.52. The van der Waals surface area contributed by atoms with E-state index in [0.717, 1.165) is 12.8 Å². The van der Waals surface area contributed by atoms with Crippen molar-refractivity contribution in [1.29, 1.82) is 0 Å². The summed E-state index contributed by atoms with van der Waals surface area (Å²) in [6.07, 6.45) is 1.23.